The number of nitrogens with zero attached hydrogens (tertiary/aromatic N) is 2. The number of aromatic nitrogens is 2. The van der Waals surface area contributed by atoms with Gasteiger partial charge in [0.1, 0.15) is 5.75 Å². The van der Waals surface area contributed by atoms with Crippen molar-refractivity contribution in [2.45, 2.75) is 12.5 Å². The van der Waals surface area contributed by atoms with E-state index in [-0.39, 0.29) is 5.91 Å². The van der Waals surface area contributed by atoms with Gasteiger partial charge in [-0.15, -0.1) is 0 Å². The van der Waals surface area contributed by atoms with E-state index in [4.69, 9.17) is 27.9 Å². The summed E-state index contributed by atoms with van der Waals surface area (Å²) in [6, 6.07) is 16.1. The molecule has 4 aromatic rings. The third-order valence-corrected chi connectivity index (χ3v) is 5.85. The summed E-state index contributed by atoms with van der Waals surface area (Å²) in [5.41, 5.74) is 4.02. The van der Waals surface area contributed by atoms with Crippen LogP contribution in [0.5, 0.6) is 5.75 Å². The second-order valence-corrected chi connectivity index (χ2v) is 7.96. The van der Waals surface area contributed by atoms with E-state index in [0.29, 0.717) is 22.2 Å². The molecule has 7 heteroatoms. The van der Waals surface area contributed by atoms with Crippen LogP contribution in [0.2, 0.25) is 10.0 Å². The Hall–Kier alpha value is -3.02. The minimum absolute atomic E-state index is 0.223. The minimum atomic E-state index is -0.474. The highest BCUT2D eigenvalue weighted by atomic mass is 35.5. The lowest BCUT2D eigenvalue weighted by Gasteiger charge is -2.22. The van der Waals surface area contributed by atoms with E-state index < -0.39 is 6.04 Å². The van der Waals surface area contributed by atoms with Gasteiger partial charge in [0.15, 0.2) is 0 Å². The van der Waals surface area contributed by atoms with Gasteiger partial charge in [-0.25, -0.2) is 4.52 Å². The summed E-state index contributed by atoms with van der Waals surface area (Å²) in [6.45, 7) is 0.664. The topological polar surface area (TPSA) is 55.6 Å². The summed E-state index contributed by atoms with van der Waals surface area (Å²) < 4.78 is 7.30. The van der Waals surface area contributed by atoms with E-state index in [1.165, 1.54) is 0 Å². The molecule has 0 fully saturated rings. The zero-order valence-corrected chi connectivity index (χ0v) is 17.3. The molecular formula is C23H17Cl2N3O2. The van der Waals surface area contributed by atoms with E-state index >= 15 is 0 Å². The van der Waals surface area contributed by atoms with Crippen LogP contribution in [-0.2, 0) is 6.42 Å². The number of pyridine rings is 1. The summed E-state index contributed by atoms with van der Waals surface area (Å²) >= 11 is 12.8. The molecule has 0 bridgehead atoms. The molecule has 1 N–H and O–H groups in total. The first kappa shape index (κ1) is 19.0. The van der Waals surface area contributed by atoms with Crippen molar-refractivity contribution in [1.82, 2.24) is 14.9 Å². The molecule has 1 amide bonds. The Morgan fingerprint density at radius 1 is 1.13 bits per heavy atom. The molecule has 0 spiro atoms. The van der Waals surface area contributed by atoms with Crippen LogP contribution in [0.25, 0.3) is 5.52 Å². The first-order valence-corrected chi connectivity index (χ1v) is 10.3. The normalized spacial score (nSPS) is 13.7. The van der Waals surface area contributed by atoms with Gasteiger partial charge < -0.3 is 10.1 Å². The number of carbonyl (C=O) groups is 1. The molecule has 2 aromatic heterocycles. The molecule has 0 saturated heterocycles. The van der Waals surface area contributed by atoms with Crippen molar-refractivity contribution >= 4 is 34.6 Å². The molecule has 1 aliphatic rings. The Morgan fingerprint density at radius 3 is 2.93 bits per heavy atom. The number of rotatable bonds is 4. The minimum Gasteiger partial charge on any atom is -0.493 e. The number of amides is 1. The number of benzene rings is 2. The Kier molecular flexibility index (Phi) is 4.85. The van der Waals surface area contributed by atoms with Gasteiger partial charge in [-0.2, -0.15) is 5.10 Å². The van der Waals surface area contributed by atoms with Crippen molar-refractivity contribution in [2.24, 2.45) is 0 Å². The maximum Gasteiger partial charge on any atom is 0.254 e. The van der Waals surface area contributed by atoms with Gasteiger partial charge in [0.05, 0.1) is 29.9 Å². The van der Waals surface area contributed by atoms with Crippen molar-refractivity contribution in [3.8, 4) is 5.75 Å². The summed E-state index contributed by atoms with van der Waals surface area (Å²) in [7, 11) is 0. The number of fused-ring (bicyclic) bond motifs is 2. The van der Waals surface area contributed by atoms with Crippen LogP contribution >= 0.6 is 23.2 Å². The highest BCUT2D eigenvalue weighted by Crippen LogP contribution is 2.34. The van der Waals surface area contributed by atoms with Crippen LogP contribution in [-0.4, -0.2) is 22.1 Å². The average molecular weight is 438 g/mol. The second kappa shape index (κ2) is 7.67. The molecule has 0 aliphatic carbocycles. The van der Waals surface area contributed by atoms with Crippen molar-refractivity contribution < 1.29 is 9.53 Å². The van der Waals surface area contributed by atoms with Crippen molar-refractivity contribution in [3.05, 3.63) is 99.3 Å². The second-order valence-electron chi connectivity index (χ2n) is 7.12. The maximum atomic E-state index is 13.3. The molecule has 30 heavy (non-hydrogen) atoms. The SMILES string of the molecule is O=C(NC(c1ccc2c(c1)CCO2)c1cc(Cl)ccc1Cl)c1cccn2nccc12. The summed E-state index contributed by atoms with van der Waals surface area (Å²) in [5, 5.41) is 8.43. The van der Waals surface area contributed by atoms with Crippen LogP contribution in [0.3, 0.4) is 0 Å². The van der Waals surface area contributed by atoms with Crippen LogP contribution in [0.1, 0.15) is 33.1 Å². The van der Waals surface area contributed by atoms with Gasteiger partial charge >= 0.3 is 0 Å². The van der Waals surface area contributed by atoms with Crippen LogP contribution in [0.15, 0.2) is 67.0 Å². The third kappa shape index (κ3) is 3.40. The fourth-order valence-electron chi connectivity index (χ4n) is 3.82. The fraction of sp³-hybridized carbons (Fsp3) is 0.130. The standard InChI is InChI=1S/C23H17Cl2N3O2/c24-16-4-5-19(25)18(13-16)22(15-3-6-21-14(12-15)8-11-30-21)27-23(29)17-2-1-10-28-20(17)7-9-26-28/h1-7,9-10,12-13,22H,8,11H2,(H,27,29). The molecule has 5 nitrogen and oxygen atoms in total. The summed E-state index contributed by atoms with van der Waals surface area (Å²) in [5.74, 6) is 0.656. The van der Waals surface area contributed by atoms with E-state index in [1.807, 2.05) is 18.2 Å². The lowest BCUT2D eigenvalue weighted by molar-refractivity contribution is 0.0944. The lowest BCUT2D eigenvalue weighted by atomic mass is 9.96. The first-order chi connectivity index (χ1) is 14.6. The quantitative estimate of drug-likeness (QED) is 0.483. The molecule has 5 rings (SSSR count). The highest BCUT2D eigenvalue weighted by Gasteiger charge is 2.24. The summed E-state index contributed by atoms with van der Waals surface area (Å²) in [4.78, 5) is 13.3. The van der Waals surface area contributed by atoms with Gasteiger partial charge in [0.2, 0.25) is 0 Å². The van der Waals surface area contributed by atoms with E-state index in [0.717, 1.165) is 34.4 Å². The van der Waals surface area contributed by atoms with Gasteiger partial charge in [0, 0.05) is 22.7 Å². The maximum absolute atomic E-state index is 13.3. The van der Waals surface area contributed by atoms with Gasteiger partial charge in [0.25, 0.3) is 5.91 Å². The molecule has 150 valence electrons. The smallest absolute Gasteiger partial charge is 0.254 e. The van der Waals surface area contributed by atoms with Crippen LogP contribution in [0, 0.1) is 0 Å². The molecule has 0 radical (unpaired) electrons. The average Bonchev–Trinajstić information content (AvgIpc) is 3.42. The molecule has 2 aromatic carbocycles. The molecule has 0 saturated carbocycles. The molecule has 3 heterocycles. The van der Waals surface area contributed by atoms with E-state index in [1.54, 1.807) is 47.2 Å². The van der Waals surface area contributed by atoms with Gasteiger partial charge in [-0.3, -0.25) is 4.79 Å². The monoisotopic (exact) mass is 437 g/mol. The number of hydrogen-bond donors (Lipinski definition) is 1. The zero-order chi connectivity index (χ0) is 20.7. The van der Waals surface area contributed by atoms with Gasteiger partial charge in [-0.05, 0) is 65.2 Å². The van der Waals surface area contributed by atoms with Crippen molar-refractivity contribution in [3.63, 3.8) is 0 Å². The highest BCUT2D eigenvalue weighted by molar-refractivity contribution is 6.33. The van der Waals surface area contributed by atoms with Crippen LogP contribution in [0.4, 0.5) is 0 Å². The largest absolute Gasteiger partial charge is 0.493 e. The number of halogens is 2. The van der Waals surface area contributed by atoms with E-state index in [9.17, 15) is 4.79 Å². The number of hydrogen-bond acceptors (Lipinski definition) is 3. The lowest BCUT2D eigenvalue weighted by Crippen LogP contribution is -2.30. The molecular weight excluding hydrogens is 421 g/mol. The Bertz CT molecular complexity index is 1270. The third-order valence-electron chi connectivity index (χ3n) is 5.27. The Labute approximate surface area is 183 Å². The van der Waals surface area contributed by atoms with Crippen LogP contribution < -0.4 is 10.1 Å². The molecule has 1 unspecified atom stereocenters. The fourth-order valence-corrected chi connectivity index (χ4v) is 4.22. The molecule has 1 aliphatic heterocycles. The zero-order valence-electron chi connectivity index (χ0n) is 15.8. The van der Waals surface area contributed by atoms with E-state index in [2.05, 4.69) is 16.5 Å². The number of ether oxygens (including phenoxy) is 1. The summed E-state index contributed by atoms with van der Waals surface area (Å²) in [6.07, 6.45) is 4.30. The molecule has 1 atom stereocenters. The Balaban J connectivity index is 1.58. The van der Waals surface area contributed by atoms with Gasteiger partial charge in [-0.1, -0.05) is 29.3 Å². The number of carbonyl (C=O) groups excluding carboxylic acids is 1. The predicted molar refractivity (Wildman–Crippen MR) is 117 cm³/mol. The van der Waals surface area contributed by atoms with Crippen molar-refractivity contribution in [2.75, 3.05) is 6.61 Å². The first-order valence-electron chi connectivity index (χ1n) is 9.54. The predicted octanol–water partition coefficient (Wildman–Crippen LogP) is 5.10. The number of nitrogens with one attached hydrogen (secondary N) is 1. The Morgan fingerprint density at radius 2 is 2.03 bits per heavy atom. The van der Waals surface area contributed by atoms with Crippen molar-refractivity contribution in [1.29, 1.82) is 0 Å².